The van der Waals surface area contributed by atoms with Gasteiger partial charge in [0.05, 0.1) is 13.3 Å². The lowest BCUT2D eigenvalue weighted by molar-refractivity contribution is -0.130. The number of para-hydroxylation sites is 1. The zero-order valence-corrected chi connectivity index (χ0v) is 20.4. The number of benzene rings is 2. The Hall–Kier alpha value is -4.08. The van der Waals surface area contributed by atoms with Crippen LogP contribution < -0.4 is 30.7 Å². The van der Waals surface area contributed by atoms with Crippen molar-refractivity contribution in [2.45, 2.75) is 33.2 Å². The largest absolute Gasteiger partial charge is 0.493 e. The Morgan fingerprint density at radius 1 is 1.03 bits per heavy atom. The number of hydrogen-bond acceptors (Lipinski definition) is 7. The van der Waals surface area contributed by atoms with Crippen LogP contribution in [0.2, 0.25) is 0 Å². The van der Waals surface area contributed by atoms with Gasteiger partial charge in [0.1, 0.15) is 11.8 Å². The molecule has 0 radical (unpaired) electrons. The van der Waals surface area contributed by atoms with Gasteiger partial charge in [-0.3, -0.25) is 14.4 Å². The van der Waals surface area contributed by atoms with Gasteiger partial charge in [0.2, 0.25) is 0 Å². The summed E-state index contributed by atoms with van der Waals surface area (Å²) < 4.78 is 16.1. The Morgan fingerprint density at radius 2 is 1.74 bits per heavy atom. The Morgan fingerprint density at radius 3 is 2.40 bits per heavy atom. The topological polar surface area (TPSA) is 141 Å². The Labute approximate surface area is 204 Å². The van der Waals surface area contributed by atoms with Crippen LogP contribution in [-0.2, 0) is 14.4 Å². The maximum Gasteiger partial charge on any atom is 0.262 e. The number of primary amides is 1. The van der Waals surface area contributed by atoms with E-state index in [-0.39, 0.29) is 19.1 Å². The zero-order chi connectivity index (χ0) is 25.8. The van der Waals surface area contributed by atoms with Gasteiger partial charge in [0.15, 0.2) is 24.7 Å². The van der Waals surface area contributed by atoms with Crippen LogP contribution in [0.15, 0.2) is 47.6 Å². The quantitative estimate of drug-likeness (QED) is 0.293. The molecule has 0 saturated heterocycles. The highest BCUT2D eigenvalue weighted by molar-refractivity contribution is 5.89. The summed E-state index contributed by atoms with van der Waals surface area (Å²) >= 11 is 0. The molecule has 0 aliphatic heterocycles. The smallest absolute Gasteiger partial charge is 0.262 e. The summed E-state index contributed by atoms with van der Waals surface area (Å²) in [5, 5.41) is 6.70. The third-order valence-electron chi connectivity index (χ3n) is 4.76. The summed E-state index contributed by atoms with van der Waals surface area (Å²) in [5.41, 5.74) is 9.08. The lowest BCUT2D eigenvalue weighted by Crippen LogP contribution is -2.47. The van der Waals surface area contributed by atoms with Crippen LogP contribution in [0.1, 0.15) is 31.4 Å². The Kier molecular flexibility index (Phi) is 10.5. The minimum Gasteiger partial charge on any atom is -0.493 e. The number of carbonyl (C=O) groups excluding carboxylic acids is 3. The summed E-state index contributed by atoms with van der Waals surface area (Å²) in [6.45, 7) is 5.30. The fourth-order valence-electron chi connectivity index (χ4n) is 3.08. The molecule has 0 unspecified atom stereocenters. The summed E-state index contributed by atoms with van der Waals surface area (Å²) in [4.78, 5) is 36.0. The van der Waals surface area contributed by atoms with Crippen LogP contribution in [0.4, 0.5) is 0 Å². The van der Waals surface area contributed by atoms with Crippen molar-refractivity contribution < 1.29 is 28.6 Å². The number of amides is 3. The van der Waals surface area contributed by atoms with Gasteiger partial charge in [0, 0.05) is 0 Å². The van der Waals surface area contributed by atoms with E-state index in [9.17, 15) is 14.4 Å². The molecule has 0 heterocycles. The molecule has 2 aromatic carbocycles. The number of nitrogens with zero attached hydrogens (tertiary/aromatic N) is 1. The average molecular weight is 485 g/mol. The molecule has 0 spiro atoms. The van der Waals surface area contributed by atoms with Crippen LogP contribution in [0.5, 0.6) is 17.2 Å². The normalized spacial score (nSPS) is 11.7. The van der Waals surface area contributed by atoms with E-state index in [1.165, 1.54) is 13.3 Å². The maximum absolute atomic E-state index is 12.7. The number of methoxy groups -OCH3 is 1. The van der Waals surface area contributed by atoms with Crippen molar-refractivity contribution in [1.29, 1.82) is 0 Å². The number of hydrogen-bond donors (Lipinski definition) is 3. The molecule has 0 aliphatic rings. The number of nitrogens with two attached hydrogens (primary N) is 1. The van der Waals surface area contributed by atoms with Crippen molar-refractivity contribution in [2.24, 2.45) is 16.8 Å². The van der Waals surface area contributed by atoms with E-state index < -0.39 is 23.8 Å². The predicted molar refractivity (Wildman–Crippen MR) is 131 cm³/mol. The van der Waals surface area contributed by atoms with Crippen LogP contribution >= 0.6 is 0 Å². The molecule has 4 N–H and O–H groups in total. The molecule has 1 atom stereocenters. The van der Waals surface area contributed by atoms with E-state index in [0.717, 1.165) is 5.56 Å². The molecular formula is C25H32N4O6. The highest BCUT2D eigenvalue weighted by Crippen LogP contribution is 2.27. The summed E-state index contributed by atoms with van der Waals surface area (Å²) in [6, 6.07) is 11.5. The molecule has 35 heavy (non-hydrogen) atoms. The third-order valence-corrected chi connectivity index (χ3v) is 4.76. The third kappa shape index (κ3) is 9.36. The molecule has 10 nitrogen and oxygen atoms in total. The van der Waals surface area contributed by atoms with Crippen molar-refractivity contribution in [3.8, 4) is 17.2 Å². The van der Waals surface area contributed by atoms with Gasteiger partial charge in [-0.2, -0.15) is 5.10 Å². The van der Waals surface area contributed by atoms with Crippen molar-refractivity contribution in [1.82, 2.24) is 10.7 Å². The Bertz CT molecular complexity index is 1050. The van der Waals surface area contributed by atoms with Gasteiger partial charge in [0.25, 0.3) is 17.7 Å². The first kappa shape index (κ1) is 27.2. The first-order valence-electron chi connectivity index (χ1n) is 11.1. The molecule has 10 heteroatoms. The highest BCUT2D eigenvalue weighted by atomic mass is 16.5. The van der Waals surface area contributed by atoms with Crippen molar-refractivity contribution in [3.05, 3.63) is 53.6 Å². The molecule has 0 saturated carbocycles. The fraction of sp³-hybridized carbons (Fsp3) is 0.360. The monoisotopic (exact) mass is 484 g/mol. The van der Waals surface area contributed by atoms with E-state index in [0.29, 0.717) is 29.2 Å². The molecule has 2 aromatic rings. The van der Waals surface area contributed by atoms with E-state index >= 15 is 0 Å². The minimum atomic E-state index is -0.778. The number of ether oxygens (including phenoxy) is 3. The zero-order valence-electron chi connectivity index (χ0n) is 20.4. The minimum absolute atomic E-state index is 0.157. The standard InChI is InChI=1S/C25H32N4O6/c1-16(2)11-19(28-24(31)15-35-20-8-6-5-7-17(20)3)25(32)29-27-13-18-9-10-21(22(12-18)33-4)34-14-23(26)30/h5-10,12-13,16,19H,11,14-15H2,1-4H3,(H2,26,30)(H,28,31)(H,29,32)/b27-13-/t19-/m0/s1. The second-order valence-corrected chi connectivity index (χ2v) is 8.20. The highest BCUT2D eigenvalue weighted by Gasteiger charge is 2.22. The van der Waals surface area contributed by atoms with Gasteiger partial charge >= 0.3 is 0 Å². The molecule has 188 valence electrons. The van der Waals surface area contributed by atoms with Gasteiger partial charge < -0.3 is 25.3 Å². The van der Waals surface area contributed by atoms with Gasteiger partial charge in [-0.15, -0.1) is 0 Å². The molecule has 0 aromatic heterocycles. The van der Waals surface area contributed by atoms with Crippen LogP contribution in [-0.4, -0.2) is 50.3 Å². The maximum atomic E-state index is 12.7. The van der Waals surface area contributed by atoms with Crippen molar-refractivity contribution >= 4 is 23.9 Å². The van der Waals surface area contributed by atoms with Crippen molar-refractivity contribution in [3.63, 3.8) is 0 Å². The van der Waals surface area contributed by atoms with Crippen LogP contribution in [0.25, 0.3) is 0 Å². The van der Waals surface area contributed by atoms with E-state index in [4.69, 9.17) is 19.9 Å². The second-order valence-electron chi connectivity index (χ2n) is 8.20. The summed E-state index contributed by atoms with van der Waals surface area (Å²) in [5.74, 6) is 0.0235. The van der Waals surface area contributed by atoms with E-state index in [1.807, 2.05) is 39.0 Å². The predicted octanol–water partition coefficient (Wildman–Crippen LogP) is 1.93. The van der Waals surface area contributed by atoms with Crippen LogP contribution in [0, 0.1) is 12.8 Å². The van der Waals surface area contributed by atoms with Gasteiger partial charge in [-0.1, -0.05) is 32.0 Å². The number of carbonyl (C=O) groups is 3. The number of nitrogens with one attached hydrogen (secondary N) is 2. The van der Waals surface area contributed by atoms with E-state index in [2.05, 4.69) is 15.8 Å². The van der Waals surface area contributed by atoms with Gasteiger partial charge in [-0.25, -0.2) is 5.43 Å². The fourth-order valence-corrected chi connectivity index (χ4v) is 3.08. The summed E-state index contributed by atoms with van der Waals surface area (Å²) in [6.07, 6.45) is 1.85. The van der Waals surface area contributed by atoms with E-state index in [1.54, 1.807) is 24.3 Å². The average Bonchev–Trinajstić information content (AvgIpc) is 2.81. The van der Waals surface area contributed by atoms with Crippen LogP contribution in [0.3, 0.4) is 0 Å². The Balaban J connectivity index is 1.96. The number of hydrazone groups is 1. The number of aryl methyl sites for hydroxylation is 1. The second kappa shape index (κ2) is 13.6. The van der Waals surface area contributed by atoms with Crippen molar-refractivity contribution in [2.75, 3.05) is 20.3 Å². The molecule has 0 aliphatic carbocycles. The first-order valence-corrected chi connectivity index (χ1v) is 11.1. The molecule has 3 amide bonds. The first-order chi connectivity index (χ1) is 16.7. The molecular weight excluding hydrogens is 452 g/mol. The van der Waals surface area contributed by atoms with Gasteiger partial charge in [-0.05, 0) is 54.7 Å². The lowest BCUT2D eigenvalue weighted by Gasteiger charge is -2.19. The molecule has 0 fully saturated rings. The molecule has 0 bridgehead atoms. The summed E-state index contributed by atoms with van der Waals surface area (Å²) in [7, 11) is 1.46. The number of rotatable bonds is 13. The SMILES string of the molecule is COc1cc(/C=N\NC(=O)[C@H](CC(C)C)NC(=O)COc2ccccc2C)ccc1OCC(N)=O. The lowest BCUT2D eigenvalue weighted by atomic mass is 10.0. The molecule has 2 rings (SSSR count).